The molecule has 0 fully saturated rings. The number of anilines is 1. The largest absolute Gasteiger partial charge is 0.486 e. The third kappa shape index (κ3) is 3.52. The standard InChI is InChI=1S/C22H17N3O3S/c26-22(16-8-4-5-14-13-23-25-21(14)16)24-17-11-18-19(28-10-9-27-18)12-20(17)29-15-6-2-1-3-7-15/h1-8,11-13H,9-10H2,(H,23,25)(H,24,26). The van der Waals surface area contributed by atoms with Crippen LogP contribution in [-0.2, 0) is 0 Å². The maximum Gasteiger partial charge on any atom is 0.257 e. The van der Waals surface area contributed by atoms with Crippen molar-refractivity contribution in [1.82, 2.24) is 10.2 Å². The van der Waals surface area contributed by atoms with Crippen LogP contribution in [-0.4, -0.2) is 29.3 Å². The van der Waals surface area contributed by atoms with Crippen LogP contribution in [0.3, 0.4) is 0 Å². The highest BCUT2D eigenvalue weighted by Gasteiger charge is 2.19. The second-order valence-electron chi connectivity index (χ2n) is 6.50. The van der Waals surface area contributed by atoms with Gasteiger partial charge >= 0.3 is 0 Å². The molecule has 0 aliphatic carbocycles. The van der Waals surface area contributed by atoms with E-state index in [1.54, 1.807) is 24.0 Å². The van der Waals surface area contributed by atoms with Crippen LogP contribution in [0.2, 0.25) is 0 Å². The zero-order valence-corrected chi connectivity index (χ0v) is 16.2. The monoisotopic (exact) mass is 403 g/mol. The molecule has 0 unspecified atom stereocenters. The maximum absolute atomic E-state index is 13.1. The molecule has 0 radical (unpaired) electrons. The number of benzene rings is 3. The first-order valence-corrected chi connectivity index (χ1v) is 9.99. The lowest BCUT2D eigenvalue weighted by Crippen LogP contribution is -2.17. The number of carbonyl (C=O) groups excluding carboxylic acids is 1. The van der Waals surface area contributed by atoms with Gasteiger partial charge in [0.15, 0.2) is 11.5 Å². The molecule has 6 nitrogen and oxygen atoms in total. The van der Waals surface area contributed by atoms with Crippen molar-refractivity contribution in [2.45, 2.75) is 9.79 Å². The SMILES string of the molecule is O=C(Nc1cc2c(cc1Sc1ccccc1)OCCO2)c1cccc2cn[nH]c12. The summed E-state index contributed by atoms with van der Waals surface area (Å²) in [6.45, 7) is 0.995. The third-order valence-corrected chi connectivity index (χ3v) is 5.65. The summed E-state index contributed by atoms with van der Waals surface area (Å²) in [6, 6.07) is 19.3. The molecular formula is C22H17N3O3S. The minimum atomic E-state index is -0.216. The summed E-state index contributed by atoms with van der Waals surface area (Å²) < 4.78 is 11.4. The number of aromatic amines is 1. The Kier molecular flexibility index (Phi) is 4.57. The van der Waals surface area contributed by atoms with Crippen LogP contribution in [0.25, 0.3) is 10.9 Å². The van der Waals surface area contributed by atoms with Gasteiger partial charge in [-0.1, -0.05) is 42.1 Å². The lowest BCUT2D eigenvalue weighted by Gasteiger charge is -2.21. The van der Waals surface area contributed by atoms with Gasteiger partial charge in [0.25, 0.3) is 5.91 Å². The molecule has 7 heteroatoms. The smallest absolute Gasteiger partial charge is 0.257 e. The summed E-state index contributed by atoms with van der Waals surface area (Å²) >= 11 is 1.56. The van der Waals surface area contributed by atoms with Crippen LogP contribution in [0.1, 0.15) is 10.4 Å². The van der Waals surface area contributed by atoms with E-state index >= 15 is 0 Å². The van der Waals surface area contributed by atoms with Crippen LogP contribution in [0.15, 0.2) is 76.7 Å². The molecule has 1 aliphatic heterocycles. The van der Waals surface area contributed by atoms with E-state index in [2.05, 4.69) is 15.5 Å². The van der Waals surface area contributed by atoms with Gasteiger partial charge in [-0.05, 0) is 18.2 Å². The number of nitrogens with zero attached hydrogens (tertiary/aromatic N) is 1. The van der Waals surface area contributed by atoms with E-state index in [0.29, 0.717) is 41.5 Å². The highest BCUT2D eigenvalue weighted by molar-refractivity contribution is 7.99. The first-order chi connectivity index (χ1) is 14.3. The summed E-state index contributed by atoms with van der Waals surface area (Å²) in [5.41, 5.74) is 1.91. The molecule has 0 spiro atoms. The van der Waals surface area contributed by atoms with Gasteiger partial charge in [0.2, 0.25) is 0 Å². The summed E-state index contributed by atoms with van der Waals surface area (Å²) in [7, 11) is 0. The molecule has 5 rings (SSSR count). The highest BCUT2D eigenvalue weighted by atomic mass is 32.2. The number of carbonyl (C=O) groups is 1. The Morgan fingerprint density at radius 2 is 1.79 bits per heavy atom. The van der Waals surface area contributed by atoms with Gasteiger partial charge in [0.1, 0.15) is 13.2 Å². The van der Waals surface area contributed by atoms with Crippen molar-refractivity contribution in [1.29, 1.82) is 0 Å². The lowest BCUT2D eigenvalue weighted by molar-refractivity contribution is 0.102. The van der Waals surface area contributed by atoms with Crippen molar-refractivity contribution in [3.05, 3.63) is 72.4 Å². The molecular weight excluding hydrogens is 386 g/mol. The van der Waals surface area contributed by atoms with Crippen molar-refractivity contribution < 1.29 is 14.3 Å². The number of rotatable bonds is 4. The molecule has 144 valence electrons. The number of hydrogen-bond acceptors (Lipinski definition) is 5. The predicted molar refractivity (Wildman–Crippen MR) is 112 cm³/mol. The number of ether oxygens (including phenoxy) is 2. The van der Waals surface area contributed by atoms with Crippen molar-refractivity contribution in [2.75, 3.05) is 18.5 Å². The number of hydrogen-bond donors (Lipinski definition) is 2. The Morgan fingerprint density at radius 3 is 2.62 bits per heavy atom. The van der Waals surface area contributed by atoms with E-state index in [-0.39, 0.29) is 5.91 Å². The van der Waals surface area contributed by atoms with E-state index in [0.717, 1.165) is 15.2 Å². The van der Waals surface area contributed by atoms with Gasteiger partial charge in [0.05, 0.1) is 23.0 Å². The van der Waals surface area contributed by atoms with Gasteiger partial charge in [-0.15, -0.1) is 0 Å². The second-order valence-corrected chi connectivity index (χ2v) is 7.62. The molecule has 0 saturated heterocycles. The Labute approximate surface area is 171 Å². The van der Waals surface area contributed by atoms with E-state index in [1.165, 1.54) is 0 Å². The van der Waals surface area contributed by atoms with Crippen molar-refractivity contribution in [2.24, 2.45) is 0 Å². The average molecular weight is 403 g/mol. The number of fused-ring (bicyclic) bond motifs is 2. The van der Waals surface area contributed by atoms with Crippen molar-refractivity contribution >= 4 is 34.3 Å². The van der Waals surface area contributed by atoms with Crippen LogP contribution >= 0.6 is 11.8 Å². The van der Waals surface area contributed by atoms with Crippen molar-refractivity contribution in [3.8, 4) is 11.5 Å². The maximum atomic E-state index is 13.1. The number of nitrogens with one attached hydrogen (secondary N) is 2. The van der Waals surface area contributed by atoms with E-state index in [9.17, 15) is 4.79 Å². The zero-order valence-electron chi connectivity index (χ0n) is 15.3. The Hall–Kier alpha value is -3.45. The van der Waals surface area contributed by atoms with Gasteiger partial charge < -0.3 is 14.8 Å². The predicted octanol–water partition coefficient (Wildman–Crippen LogP) is 4.74. The number of H-pyrrole nitrogens is 1. The summed E-state index contributed by atoms with van der Waals surface area (Å²) in [6.07, 6.45) is 1.70. The summed E-state index contributed by atoms with van der Waals surface area (Å²) in [5.74, 6) is 1.10. The number of amides is 1. The molecule has 1 amide bonds. The number of para-hydroxylation sites is 1. The van der Waals surface area contributed by atoms with Gasteiger partial charge in [-0.3, -0.25) is 9.89 Å². The molecule has 0 bridgehead atoms. The first-order valence-electron chi connectivity index (χ1n) is 9.18. The zero-order chi connectivity index (χ0) is 19.6. The summed E-state index contributed by atoms with van der Waals surface area (Å²) in [4.78, 5) is 15.0. The molecule has 0 atom stereocenters. The Bertz CT molecular complexity index is 1190. The molecule has 29 heavy (non-hydrogen) atoms. The molecule has 1 aliphatic rings. The number of aromatic nitrogens is 2. The van der Waals surface area contributed by atoms with Gasteiger partial charge in [-0.25, -0.2) is 0 Å². The molecule has 2 N–H and O–H groups in total. The van der Waals surface area contributed by atoms with E-state index in [4.69, 9.17) is 9.47 Å². The molecule has 4 aromatic rings. The minimum absolute atomic E-state index is 0.216. The van der Waals surface area contributed by atoms with Gasteiger partial charge in [0, 0.05) is 27.3 Å². The van der Waals surface area contributed by atoms with Crippen LogP contribution in [0.4, 0.5) is 5.69 Å². The molecule has 0 saturated carbocycles. The van der Waals surface area contributed by atoms with Crippen LogP contribution in [0, 0.1) is 0 Å². The molecule has 2 heterocycles. The average Bonchev–Trinajstić information content (AvgIpc) is 3.24. The third-order valence-electron chi connectivity index (χ3n) is 4.58. The lowest BCUT2D eigenvalue weighted by atomic mass is 10.1. The minimum Gasteiger partial charge on any atom is -0.486 e. The van der Waals surface area contributed by atoms with Gasteiger partial charge in [-0.2, -0.15) is 5.10 Å². The van der Waals surface area contributed by atoms with Crippen LogP contribution < -0.4 is 14.8 Å². The fourth-order valence-electron chi connectivity index (χ4n) is 3.22. The van der Waals surface area contributed by atoms with E-state index < -0.39 is 0 Å². The Morgan fingerprint density at radius 1 is 1.00 bits per heavy atom. The fraction of sp³-hybridized carbons (Fsp3) is 0.0909. The molecule has 1 aromatic heterocycles. The highest BCUT2D eigenvalue weighted by Crippen LogP contribution is 2.42. The molecule has 3 aromatic carbocycles. The van der Waals surface area contributed by atoms with E-state index in [1.807, 2.05) is 54.6 Å². The Balaban J connectivity index is 1.52. The summed E-state index contributed by atoms with van der Waals surface area (Å²) in [5, 5.41) is 10.9. The topological polar surface area (TPSA) is 76.2 Å². The normalized spacial score (nSPS) is 12.7. The van der Waals surface area contributed by atoms with Crippen LogP contribution in [0.5, 0.6) is 11.5 Å². The second kappa shape index (κ2) is 7.52. The van der Waals surface area contributed by atoms with Crippen molar-refractivity contribution in [3.63, 3.8) is 0 Å². The quantitative estimate of drug-likeness (QED) is 0.515. The fourth-order valence-corrected chi connectivity index (χ4v) is 4.15. The first kappa shape index (κ1) is 17.6.